The van der Waals surface area contributed by atoms with Gasteiger partial charge in [-0.2, -0.15) is 5.10 Å². The molecule has 0 aliphatic heterocycles. The highest BCUT2D eigenvalue weighted by molar-refractivity contribution is 5.17. The van der Waals surface area contributed by atoms with Crippen molar-refractivity contribution in [1.82, 2.24) is 15.2 Å². The van der Waals surface area contributed by atoms with Crippen LogP contribution in [0.15, 0.2) is 36.9 Å². The summed E-state index contributed by atoms with van der Waals surface area (Å²) in [5.74, 6) is 0. The molecule has 0 radical (unpaired) electrons. The van der Waals surface area contributed by atoms with Crippen LogP contribution in [0.25, 0.3) is 0 Å². The minimum absolute atomic E-state index is 0.00356. The van der Waals surface area contributed by atoms with Crippen molar-refractivity contribution in [3.05, 3.63) is 48.0 Å². The lowest BCUT2D eigenvalue weighted by molar-refractivity contribution is 0.721. The summed E-state index contributed by atoms with van der Waals surface area (Å²) in [6.45, 7) is 0. The fourth-order valence-electron chi connectivity index (χ4n) is 1.35. The summed E-state index contributed by atoms with van der Waals surface area (Å²) in [5, 5.41) is 6.62. The molecule has 2 rings (SSSR count). The molecule has 4 heteroatoms. The molecule has 2 heterocycles. The molecule has 0 saturated carbocycles. The van der Waals surface area contributed by atoms with Crippen molar-refractivity contribution in [2.24, 2.45) is 5.73 Å². The van der Waals surface area contributed by atoms with E-state index in [2.05, 4.69) is 15.2 Å². The molecule has 1 unspecified atom stereocenters. The number of aromatic amines is 1. The van der Waals surface area contributed by atoms with Crippen molar-refractivity contribution in [2.75, 3.05) is 0 Å². The van der Waals surface area contributed by atoms with Gasteiger partial charge >= 0.3 is 0 Å². The Balaban J connectivity index is 2.06. The van der Waals surface area contributed by atoms with E-state index in [0.717, 1.165) is 12.0 Å². The average Bonchev–Trinajstić information content (AvgIpc) is 2.72. The van der Waals surface area contributed by atoms with Crippen molar-refractivity contribution in [3.8, 4) is 0 Å². The van der Waals surface area contributed by atoms with E-state index in [1.165, 1.54) is 5.56 Å². The molecule has 3 N–H and O–H groups in total. The second kappa shape index (κ2) is 4.02. The summed E-state index contributed by atoms with van der Waals surface area (Å²) in [5.41, 5.74) is 8.21. The van der Waals surface area contributed by atoms with Crippen LogP contribution < -0.4 is 5.73 Å². The standard InChI is InChI=1S/C10H12N4/c11-10(9-6-13-14-7-9)5-8-1-3-12-4-2-8/h1-4,6-7,10H,5,11H2,(H,13,14). The van der Waals surface area contributed by atoms with Crippen LogP contribution in [0.3, 0.4) is 0 Å². The highest BCUT2D eigenvalue weighted by Gasteiger charge is 2.07. The van der Waals surface area contributed by atoms with Gasteiger partial charge in [-0.05, 0) is 24.1 Å². The highest BCUT2D eigenvalue weighted by Crippen LogP contribution is 2.13. The van der Waals surface area contributed by atoms with Gasteiger partial charge in [0.1, 0.15) is 0 Å². The number of hydrogen-bond donors (Lipinski definition) is 2. The molecule has 1 atom stereocenters. The molecule has 0 aliphatic carbocycles. The average molecular weight is 188 g/mol. The molecule has 4 nitrogen and oxygen atoms in total. The Morgan fingerprint density at radius 1 is 1.36 bits per heavy atom. The fourth-order valence-corrected chi connectivity index (χ4v) is 1.35. The van der Waals surface area contributed by atoms with Gasteiger partial charge in [0.05, 0.1) is 6.20 Å². The minimum Gasteiger partial charge on any atom is -0.324 e. The van der Waals surface area contributed by atoms with E-state index in [1.807, 2.05) is 18.3 Å². The van der Waals surface area contributed by atoms with Crippen LogP contribution >= 0.6 is 0 Å². The number of nitrogens with two attached hydrogens (primary N) is 1. The van der Waals surface area contributed by atoms with Crippen molar-refractivity contribution < 1.29 is 0 Å². The molecule has 0 fully saturated rings. The van der Waals surface area contributed by atoms with Gasteiger partial charge in [0.25, 0.3) is 0 Å². The highest BCUT2D eigenvalue weighted by atomic mass is 15.1. The minimum atomic E-state index is -0.00356. The van der Waals surface area contributed by atoms with Crippen molar-refractivity contribution in [2.45, 2.75) is 12.5 Å². The number of hydrogen-bond acceptors (Lipinski definition) is 3. The zero-order valence-corrected chi connectivity index (χ0v) is 7.72. The zero-order valence-electron chi connectivity index (χ0n) is 7.72. The third-order valence-electron chi connectivity index (χ3n) is 2.15. The third kappa shape index (κ3) is 1.97. The first kappa shape index (κ1) is 8.90. The second-order valence-corrected chi connectivity index (χ2v) is 3.20. The van der Waals surface area contributed by atoms with Crippen LogP contribution in [0.2, 0.25) is 0 Å². The van der Waals surface area contributed by atoms with Crippen LogP contribution in [0.4, 0.5) is 0 Å². The van der Waals surface area contributed by atoms with Crippen molar-refractivity contribution in [1.29, 1.82) is 0 Å². The van der Waals surface area contributed by atoms with Gasteiger partial charge in [0.2, 0.25) is 0 Å². The molecular formula is C10H12N4. The van der Waals surface area contributed by atoms with Crippen LogP contribution in [0, 0.1) is 0 Å². The van der Waals surface area contributed by atoms with E-state index in [1.54, 1.807) is 18.6 Å². The summed E-state index contributed by atoms with van der Waals surface area (Å²) in [6, 6.07) is 3.94. The molecule has 72 valence electrons. The summed E-state index contributed by atoms with van der Waals surface area (Å²) in [6.07, 6.45) is 7.94. The number of H-pyrrole nitrogens is 1. The maximum absolute atomic E-state index is 5.99. The van der Waals surface area contributed by atoms with Gasteiger partial charge in [-0.3, -0.25) is 10.1 Å². The van der Waals surface area contributed by atoms with Gasteiger partial charge in [-0.15, -0.1) is 0 Å². The fraction of sp³-hybridized carbons (Fsp3) is 0.200. The van der Waals surface area contributed by atoms with Gasteiger partial charge in [-0.1, -0.05) is 0 Å². The van der Waals surface area contributed by atoms with E-state index in [4.69, 9.17) is 5.73 Å². The Hall–Kier alpha value is -1.68. The van der Waals surface area contributed by atoms with Crippen LogP contribution in [-0.2, 0) is 6.42 Å². The lowest BCUT2D eigenvalue weighted by Crippen LogP contribution is -2.12. The van der Waals surface area contributed by atoms with Gasteiger partial charge in [0, 0.05) is 30.2 Å². The molecule has 14 heavy (non-hydrogen) atoms. The Morgan fingerprint density at radius 3 is 2.79 bits per heavy atom. The first-order valence-electron chi connectivity index (χ1n) is 4.49. The van der Waals surface area contributed by atoms with E-state index in [-0.39, 0.29) is 6.04 Å². The number of nitrogens with one attached hydrogen (secondary N) is 1. The maximum atomic E-state index is 5.99. The Bertz CT molecular complexity index is 368. The third-order valence-corrected chi connectivity index (χ3v) is 2.15. The van der Waals surface area contributed by atoms with Gasteiger partial charge in [-0.25, -0.2) is 0 Å². The number of nitrogens with zero attached hydrogens (tertiary/aromatic N) is 2. The smallest absolute Gasteiger partial charge is 0.0535 e. The van der Waals surface area contributed by atoms with Crippen LogP contribution in [-0.4, -0.2) is 15.2 Å². The topological polar surface area (TPSA) is 67.6 Å². The molecule has 0 spiro atoms. The van der Waals surface area contributed by atoms with Crippen molar-refractivity contribution >= 4 is 0 Å². The number of aromatic nitrogens is 3. The molecule has 2 aromatic rings. The Morgan fingerprint density at radius 2 is 2.14 bits per heavy atom. The molecule has 0 bridgehead atoms. The molecular weight excluding hydrogens is 176 g/mol. The summed E-state index contributed by atoms with van der Waals surface area (Å²) < 4.78 is 0. The summed E-state index contributed by atoms with van der Waals surface area (Å²) in [7, 11) is 0. The quantitative estimate of drug-likeness (QED) is 0.756. The monoisotopic (exact) mass is 188 g/mol. The molecule has 0 aliphatic rings. The predicted octanol–water partition coefficient (Wildman–Crippen LogP) is 1.05. The number of rotatable bonds is 3. The largest absolute Gasteiger partial charge is 0.324 e. The maximum Gasteiger partial charge on any atom is 0.0535 e. The lowest BCUT2D eigenvalue weighted by Gasteiger charge is -2.08. The van der Waals surface area contributed by atoms with Crippen LogP contribution in [0.1, 0.15) is 17.2 Å². The molecule has 0 amide bonds. The van der Waals surface area contributed by atoms with Crippen molar-refractivity contribution in [3.63, 3.8) is 0 Å². The van der Waals surface area contributed by atoms with E-state index in [9.17, 15) is 0 Å². The molecule has 2 aromatic heterocycles. The summed E-state index contributed by atoms with van der Waals surface area (Å²) in [4.78, 5) is 3.96. The normalized spacial score (nSPS) is 12.6. The molecule has 0 saturated heterocycles. The Labute approximate surface area is 82.2 Å². The second-order valence-electron chi connectivity index (χ2n) is 3.20. The lowest BCUT2D eigenvalue weighted by atomic mass is 10.0. The Kier molecular flexibility index (Phi) is 2.55. The summed E-state index contributed by atoms with van der Waals surface area (Å²) >= 11 is 0. The van der Waals surface area contributed by atoms with Gasteiger partial charge in [0.15, 0.2) is 0 Å². The zero-order chi connectivity index (χ0) is 9.80. The van der Waals surface area contributed by atoms with E-state index in [0.29, 0.717) is 0 Å². The molecule has 0 aromatic carbocycles. The SMILES string of the molecule is NC(Cc1ccncc1)c1cn[nH]c1. The first-order chi connectivity index (χ1) is 6.86. The predicted molar refractivity (Wildman–Crippen MR) is 53.5 cm³/mol. The first-order valence-corrected chi connectivity index (χ1v) is 4.49. The van der Waals surface area contributed by atoms with Crippen LogP contribution in [0.5, 0.6) is 0 Å². The van der Waals surface area contributed by atoms with E-state index >= 15 is 0 Å². The number of pyridine rings is 1. The van der Waals surface area contributed by atoms with Gasteiger partial charge < -0.3 is 5.73 Å². The van der Waals surface area contributed by atoms with E-state index < -0.39 is 0 Å².